The van der Waals surface area contributed by atoms with E-state index >= 15 is 0 Å². The van der Waals surface area contributed by atoms with Gasteiger partial charge in [-0.05, 0) is 30.2 Å². The van der Waals surface area contributed by atoms with E-state index in [0.29, 0.717) is 23.7 Å². The molecule has 154 valence electrons. The number of imide groups is 1. The van der Waals surface area contributed by atoms with Gasteiger partial charge in [-0.1, -0.05) is 18.2 Å². The lowest BCUT2D eigenvalue weighted by atomic mass is 10.0. The van der Waals surface area contributed by atoms with Gasteiger partial charge in [-0.2, -0.15) is 0 Å². The number of fused-ring (bicyclic) bond motifs is 3. The first kappa shape index (κ1) is 18.7. The molecule has 7 nitrogen and oxygen atoms in total. The number of rotatable bonds is 4. The number of aromatic amines is 1. The van der Waals surface area contributed by atoms with Crippen LogP contribution in [-0.4, -0.2) is 48.5 Å². The molecular weight excluding hydrogens is 382 g/mol. The molecule has 0 aliphatic carbocycles. The Kier molecular flexibility index (Phi) is 4.47. The van der Waals surface area contributed by atoms with Crippen molar-refractivity contribution in [1.82, 2.24) is 9.88 Å². The molecule has 7 heteroatoms. The summed E-state index contributed by atoms with van der Waals surface area (Å²) in [6, 6.07) is 12.9. The van der Waals surface area contributed by atoms with Crippen molar-refractivity contribution in [3.63, 3.8) is 0 Å². The van der Waals surface area contributed by atoms with E-state index in [9.17, 15) is 9.59 Å². The summed E-state index contributed by atoms with van der Waals surface area (Å²) in [5, 5.41) is 1.24. The normalized spacial score (nSPS) is 19.4. The predicted molar refractivity (Wildman–Crippen MR) is 113 cm³/mol. The van der Waals surface area contributed by atoms with Gasteiger partial charge in [0.1, 0.15) is 11.5 Å². The molecule has 5 rings (SSSR count). The second kappa shape index (κ2) is 7.18. The molecular formula is C23H23N3O4. The third kappa shape index (κ3) is 2.85. The number of aromatic nitrogens is 1. The molecule has 3 heterocycles. The van der Waals surface area contributed by atoms with Gasteiger partial charge in [0.2, 0.25) is 5.91 Å². The smallest absolute Gasteiger partial charge is 0.251 e. The van der Waals surface area contributed by atoms with Gasteiger partial charge in [0, 0.05) is 35.8 Å². The second-order valence-corrected chi connectivity index (χ2v) is 7.67. The molecule has 2 aromatic carbocycles. The van der Waals surface area contributed by atoms with Crippen LogP contribution in [0.5, 0.6) is 11.5 Å². The predicted octanol–water partition coefficient (Wildman–Crippen LogP) is 2.88. The van der Waals surface area contributed by atoms with E-state index in [4.69, 9.17) is 9.47 Å². The minimum Gasteiger partial charge on any atom is -0.497 e. The lowest BCUT2D eigenvalue weighted by Gasteiger charge is -2.31. The first-order valence-corrected chi connectivity index (χ1v) is 10.0. The number of benzene rings is 2. The SMILES string of the molecule is COc1ccc(OC)c(N2C(=O)C[C@H](N3CCc4c([nH]c5ccccc45)C3)C2=O)c1. The summed E-state index contributed by atoms with van der Waals surface area (Å²) in [4.78, 5) is 33.0. The van der Waals surface area contributed by atoms with Crippen LogP contribution < -0.4 is 14.4 Å². The molecule has 0 bridgehead atoms. The van der Waals surface area contributed by atoms with Crippen molar-refractivity contribution in [3.05, 3.63) is 53.7 Å². The molecule has 2 amide bonds. The van der Waals surface area contributed by atoms with Crippen LogP contribution in [0.4, 0.5) is 5.69 Å². The van der Waals surface area contributed by atoms with Gasteiger partial charge >= 0.3 is 0 Å². The molecule has 1 N–H and O–H groups in total. The molecule has 2 aliphatic heterocycles. The number of H-pyrrole nitrogens is 1. The average Bonchev–Trinajstić information content (AvgIpc) is 3.29. The third-order valence-electron chi connectivity index (χ3n) is 6.10. The summed E-state index contributed by atoms with van der Waals surface area (Å²) in [5.74, 6) is 0.593. The highest BCUT2D eigenvalue weighted by atomic mass is 16.5. The Morgan fingerprint density at radius 3 is 2.70 bits per heavy atom. The van der Waals surface area contributed by atoms with Gasteiger partial charge in [0.25, 0.3) is 5.91 Å². The van der Waals surface area contributed by atoms with Crippen molar-refractivity contribution >= 4 is 28.4 Å². The molecule has 2 aliphatic rings. The van der Waals surface area contributed by atoms with Crippen LogP contribution in [0.25, 0.3) is 10.9 Å². The Bertz CT molecular complexity index is 1150. The minimum absolute atomic E-state index is 0.161. The summed E-state index contributed by atoms with van der Waals surface area (Å²) in [6.45, 7) is 1.36. The minimum atomic E-state index is -0.479. The molecule has 0 saturated carbocycles. The van der Waals surface area contributed by atoms with Gasteiger partial charge < -0.3 is 14.5 Å². The van der Waals surface area contributed by atoms with E-state index in [2.05, 4.69) is 22.0 Å². The highest BCUT2D eigenvalue weighted by Crippen LogP contribution is 2.37. The second-order valence-electron chi connectivity index (χ2n) is 7.67. The highest BCUT2D eigenvalue weighted by Gasteiger charge is 2.44. The zero-order valence-corrected chi connectivity index (χ0v) is 17.0. The third-order valence-corrected chi connectivity index (χ3v) is 6.10. The molecule has 1 fully saturated rings. The van der Waals surface area contributed by atoms with Crippen molar-refractivity contribution in [2.45, 2.75) is 25.4 Å². The summed E-state index contributed by atoms with van der Waals surface area (Å²) < 4.78 is 10.7. The number of carbonyl (C=O) groups is 2. The largest absolute Gasteiger partial charge is 0.497 e. The summed E-state index contributed by atoms with van der Waals surface area (Å²) in [6.07, 6.45) is 1.01. The number of amides is 2. The van der Waals surface area contributed by atoms with Crippen LogP contribution in [0.3, 0.4) is 0 Å². The molecule has 1 saturated heterocycles. The van der Waals surface area contributed by atoms with Crippen LogP contribution in [0.2, 0.25) is 0 Å². The van der Waals surface area contributed by atoms with Crippen molar-refractivity contribution in [2.75, 3.05) is 25.7 Å². The maximum Gasteiger partial charge on any atom is 0.251 e. The molecule has 0 radical (unpaired) electrons. The number of hydrogen-bond donors (Lipinski definition) is 1. The fraction of sp³-hybridized carbons (Fsp3) is 0.304. The van der Waals surface area contributed by atoms with E-state index in [1.807, 2.05) is 12.1 Å². The number of ether oxygens (including phenoxy) is 2. The molecule has 1 atom stereocenters. The highest BCUT2D eigenvalue weighted by molar-refractivity contribution is 6.23. The van der Waals surface area contributed by atoms with E-state index in [1.54, 1.807) is 25.3 Å². The quantitative estimate of drug-likeness (QED) is 0.676. The number of carbonyl (C=O) groups excluding carboxylic acids is 2. The Morgan fingerprint density at radius 1 is 1.07 bits per heavy atom. The zero-order valence-electron chi connectivity index (χ0n) is 17.0. The van der Waals surface area contributed by atoms with Crippen LogP contribution >= 0.6 is 0 Å². The number of anilines is 1. The van der Waals surface area contributed by atoms with E-state index in [1.165, 1.54) is 23.0 Å². The van der Waals surface area contributed by atoms with Gasteiger partial charge in [-0.15, -0.1) is 0 Å². The monoisotopic (exact) mass is 405 g/mol. The maximum absolute atomic E-state index is 13.3. The molecule has 1 aromatic heterocycles. The van der Waals surface area contributed by atoms with Crippen molar-refractivity contribution in [3.8, 4) is 11.5 Å². The number of hydrogen-bond acceptors (Lipinski definition) is 5. The van der Waals surface area contributed by atoms with Crippen LogP contribution in [0.1, 0.15) is 17.7 Å². The standard InChI is InChI=1S/C23H23N3O4/c1-29-14-7-8-21(30-2)19(11-14)26-22(27)12-20(23(26)28)25-10-9-16-15-5-3-4-6-17(15)24-18(16)13-25/h3-8,11,20,24H,9-10,12-13H2,1-2H3/t20-/m0/s1. The number of nitrogens with one attached hydrogen (secondary N) is 1. The molecule has 0 spiro atoms. The zero-order chi connectivity index (χ0) is 20.8. The fourth-order valence-corrected chi connectivity index (χ4v) is 4.61. The van der Waals surface area contributed by atoms with E-state index < -0.39 is 6.04 Å². The Hall–Kier alpha value is -3.32. The molecule has 30 heavy (non-hydrogen) atoms. The number of nitrogens with zero attached hydrogens (tertiary/aromatic N) is 2. The average molecular weight is 405 g/mol. The Morgan fingerprint density at radius 2 is 1.90 bits per heavy atom. The van der Waals surface area contributed by atoms with Crippen molar-refractivity contribution in [1.29, 1.82) is 0 Å². The summed E-state index contributed by atoms with van der Waals surface area (Å²) in [5.41, 5.74) is 3.98. The first-order chi connectivity index (χ1) is 14.6. The number of para-hydroxylation sites is 1. The van der Waals surface area contributed by atoms with Gasteiger partial charge in [-0.3, -0.25) is 14.5 Å². The molecule has 0 unspecified atom stereocenters. The Labute approximate surface area is 174 Å². The van der Waals surface area contributed by atoms with Gasteiger partial charge in [0.05, 0.1) is 32.4 Å². The summed E-state index contributed by atoms with van der Waals surface area (Å²) in [7, 11) is 3.07. The van der Waals surface area contributed by atoms with Crippen molar-refractivity contribution in [2.24, 2.45) is 0 Å². The first-order valence-electron chi connectivity index (χ1n) is 10.0. The maximum atomic E-state index is 13.3. The lowest BCUT2D eigenvalue weighted by Crippen LogP contribution is -2.44. The molecule has 3 aromatic rings. The van der Waals surface area contributed by atoms with E-state index in [0.717, 1.165) is 24.2 Å². The van der Waals surface area contributed by atoms with Gasteiger partial charge in [0.15, 0.2) is 0 Å². The number of methoxy groups -OCH3 is 2. The van der Waals surface area contributed by atoms with Crippen molar-refractivity contribution < 1.29 is 19.1 Å². The van der Waals surface area contributed by atoms with Crippen LogP contribution in [0.15, 0.2) is 42.5 Å². The summed E-state index contributed by atoms with van der Waals surface area (Å²) >= 11 is 0. The van der Waals surface area contributed by atoms with Crippen LogP contribution in [-0.2, 0) is 22.6 Å². The Balaban J connectivity index is 1.44. The van der Waals surface area contributed by atoms with E-state index in [-0.39, 0.29) is 18.2 Å². The van der Waals surface area contributed by atoms with Gasteiger partial charge in [-0.25, -0.2) is 4.90 Å². The van der Waals surface area contributed by atoms with Crippen LogP contribution in [0, 0.1) is 0 Å². The topological polar surface area (TPSA) is 74.9 Å². The lowest BCUT2D eigenvalue weighted by molar-refractivity contribution is -0.123. The fourth-order valence-electron chi connectivity index (χ4n) is 4.61.